The topological polar surface area (TPSA) is 77.4 Å². The van der Waals surface area contributed by atoms with Crippen LogP contribution in [0.4, 0.5) is 0 Å². The van der Waals surface area contributed by atoms with Crippen molar-refractivity contribution >= 4 is 22.5 Å². The first-order valence-corrected chi connectivity index (χ1v) is 23.5. The van der Waals surface area contributed by atoms with Crippen LogP contribution in [0.2, 0.25) is 5.15 Å². The highest BCUT2D eigenvalue weighted by Crippen LogP contribution is 2.51. The minimum absolute atomic E-state index is 0.0531. The van der Waals surface area contributed by atoms with Crippen LogP contribution in [-0.4, -0.2) is 50.3 Å². The van der Waals surface area contributed by atoms with Gasteiger partial charge >= 0.3 is 0 Å². The van der Waals surface area contributed by atoms with Crippen LogP contribution in [0.15, 0.2) is 177 Å². The third-order valence-corrected chi connectivity index (χ3v) is 13.9. The number of pyridine rings is 1. The summed E-state index contributed by atoms with van der Waals surface area (Å²) in [6.07, 6.45) is 5.45. The number of aromatic nitrogens is 3. The number of aromatic hydroxyl groups is 1. The molecular weight excluding hydrogens is 836 g/mol. The average Bonchev–Trinajstić information content (AvgIpc) is 3.35. The van der Waals surface area contributed by atoms with Gasteiger partial charge in [0.25, 0.3) is 0 Å². The molecular formula is C58H54ClN4O3+. The first kappa shape index (κ1) is 43.1. The van der Waals surface area contributed by atoms with Crippen molar-refractivity contribution < 1.29 is 19.1 Å². The number of fused-ring (bicyclic) bond motifs is 4. The summed E-state index contributed by atoms with van der Waals surface area (Å²) in [6.45, 7) is 12.0. The third-order valence-electron chi connectivity index (χ3n) is 13.6. The van der Waals surface area contributed by atoms with Crippen molar-refractivity contribution in [3.8, 4) is 62.1 Å². The summed E-state index contributed by atoms with van der Waals surface area (Å²) in [6, 6.07) is 53.3. The van der Waals surface area contributed by atoms with E-state index in [4.69, 9.17) is 36.0 Å². The zero-order valence-electron chi connectivity index (χ0n) is 37.4. The van der Waals surface area contributed by atoms with E-state index in [9.17, 15) is 5.11 Å². The number of benzene rings is 6. The fourth-order valence-corrected chi connectivity index (χ4v) is 10.8. The van der Waals surface area contributed by atoms with Gasteiger partial charge in [0.15, 0.2) is 11.9 Å². The summed E-state index contributed by atoms with van der Waals surface area (Å²) in [5.74, 6) is 3.03. The van der Waals surface area contributed by atoms with Gasteiger partial charge in [-0.1, -0.05) is 153 Å². The van der Waals surface area contributed by atoms with Crippen molar-refractivity contribution in [1.82, 2.24) is 15.0 Å². The lowest BCUT2D eigenvalue weighted by Gasteiger charge is -2.58. The van der Waals surface area contributed by atoms with Gasteiger partial charge in [-0.2, -0.15) is 4.98 Å². The van der Waals surface area contributed by atoms with E-state index in [0.717, 1.165) is 92.6 Å². The Labute approximate surface area is 392 Å². The molecule has 8 heteroatoms. The molecule has 3 aliphatic heterocycles. The van der Waals surface area contributed by atoms with Gasteiger partial charge in [0.1, 0.15) is 29.2 Å². The maximum Gasteiger partial charge on any atom is 0.227 e. The Bertz CT molecular complexity index is 2930. The Morgan fingerprint density at radius 3 is 2.02 bits per heavy atom. The molecule has 330 valence electrons. The fourth-order valence-electron chi connectivity index (χ4n) is 10.5. The van der Waals surface area contributed by atoms with Gasteiger partial charge in [-0.3, -0.25) is 4.98 Å². The minimum atomic E-state index is -0.543. The molecule has 0 amide bonds. The Morgan fingerprint density at radius 2 is 1.39 bits per heavy atom. The van der Waals surface area contributed by atoms with Gasteiger partial charge in [-0.05, 0) is 64.9 Å². The molecule has 3 fully saturated rings. The second kappa shape index (κ2) is 18.6. The average molecular weight is 891 g/mol. The van der Waals surface area contributed by atoms with Crippen molar-refractivity contribution in [2.75, 3.05) is 19.7 Å². The first-order chi connectivity index (χ1) is 32.3. The zero-order valence-corrected chi connectivity index (χ0v) is 38.2. The molecule has 7 nitrogen and oxygen atoms in total. The van der Waals surface area contributed by atoms with Crippen molar-refractivity contribution in [3.63, 3.8) is 0 Å². The van der Waals surface area contributed by atoms with Gasteiger partial charge < -0.3 is 19.1 Å². The van der Waals surface area contributed by atoms with Crippen LogP contribution in [0.1, 0.15) is 43.9 Å². The molecule has 11 rings (SSSR count). The van der Waals surface area contributed by atoms with Crippen LogP contribution < -0.4 is 9.47 Å². The number of quaternary nitrogens is 1. The third kappa shape index (κ3) is 8.57. The SMILES string of the molecule is C=CC1C[N+]2(Cc3cc(-c4ccccc4)c(OCC(C)C)c(-c4ccccc4)c3)CCC1CC2[C@H](Oc1nc(-c2ccccc2)nc(Cl)c1-c1ccccc1)c1ccnc2ccc(O)cc12. The van der Waals surface area contributed by atoms with E-state index in [1.807, 2.05) is 79.0 Å². The van der Waals surface area contributed by atoms with Gasteiger partial charge in [-0.25, -0.2) is 4.98 Å². The van der Waals surface area contributed by atoms with E-state index in [0.29, 0.717) is 46.8 Å². The predicted molar refractivity (Wildman–Crippen MR) is 266 cm³/mol. The zero-order chi connectivity index (χ0) is 45.2. The number of phenols is 1. The number of hydrogen-bond acceptors (Lipinski definition) is 6. The number of halogens is 1. The van der Waals surface area contributed by atoms with E-state index < -0.39 is 6.10 Å². The van der Waals surface area contributed by atoms with Crippen LogP contribution >= 0.6 is 11.6 Å². The number of phenolic OH excluding ortho intramolecular Hbond substituents is 1. The maximum absolute atomic E-state index is 11.0. The van der Waals surface area contributed by atoms with Crippen LogP contribution in [0.25, 0.3) is 55.7 Å². The molecule has 6 aromatic carbocycles. The van der Waals surface area contributed by atoms with Gasteiger partial charge in [0.05, 0.1) is 30.8 Å². The lowest BCUT2D eigenvalue weighted by Crippen LogP contribution is -2.68. The molecule has 3 aliphatic rings. The summed E-state index contributed by atoms with van der Waals surface area (Å²) in [5, 5.41) is 12.2. The van der Waals surface area contributed by atoms with E-state index in [1.165, 1.54) is 5.56 Å². The van der Waals surface area contributed by atoms with Crippen LogP contribution in [0, 0.1) is 17.8 Å². The normalized spacial score (nSPS) is 19.4. The number of ether oxygens (including phenoxy) is 2. The standard InChI is InChI=1S/C58H53ClN4O3/c1-4-40-36-63(35-39-31-48(41-17-9-5-10-18-41)54(65-37-38(2)3)49(32-39)42-19-11-6-12-20-42)30-28-45(40)33-52(63)55(47-27-29-60-51-26-25-46(64)34-50(47)51)66-58-53(43-21-13-7-14-22-43)56(59)61-57(62-58)44-23-15-8-16-24-44/h4-27,29,31-32,34,38,40,45,52,55H,1,28,30,33,35-37H2,2-3H3/p+1/t40?,45?,52?,55-,63?/m1/s1. The fraction of sp³-hybridized carbons (Fsp3) is 0.224. The summed E-state index contributed by atoms with van der Waals surface area (Å²) < 4.78 is 15.2. The Kier molecular flexibility index (Phi) is 12.1. The predicted octanol–water partition coefficient (Wildman–Crippen LogP) is 13.8. The lowest BCUT2D eigenvalue weighted by molar-refractivity contribution is -0.984. The summed E-state index contributed by atoms with van der Waals surface area (Å²) in [4.78, 5) is 14.9. The molecule has 1 N–H and O–H groups in total. The van der Waals surface area contributed by atoms with E-state index in [-0.39, 0.29) is 11.8 Å². The molecule has 0 radical (unpaired) electrons. The van der Waals surface area contributed by atoms with E-state index in [2.05, 4.69) is 105 Å². The summed E-state index contributed by atoms with van der Waals surface area (Å²) in [7, 11) is 0. The summed E-state index contributed by atoms with van der Waals surface area (Å²) >= 11 is 7.27. The first-order valence-electron chi connectivity index (χ1n) is 23.1. The molecule has 66 heavy (non-hydrogen) atoms. The highest BCUT2D eigenvalue weighted by Gasteiger charge is 2.55. The molecule has 5 heterocycles. The van der Waals surface area contributed by atoms with Crippen molar-refractivity contribution in [1.29, 1.82) is 0 Å². The molecule has 0 aliphatic carbocycles. The maximum atomic E-state index is 11.0. The number of rotatable bonds is 14. The van der Waals surface area contributed by atoms with E-state index in [1.54, 1.807) is 6.07 Å². The largest absolute Gasteiger partial charge is 0.508 e. The Balaban J connectivity index is 1.18. The van der Waals surface area contributed by atoms with Crippen molar-refractivity contribution in [2.24, 2.45) is 17.8 Å². The molecule has 0 saturated carbocycles. The smallest absolute Gasteiger partial charge is 0.227 e. The quantitative estimate of drug-likeness (QED) is 0.0666. The number of nitrogens with zero attached hydrogens (tertiary/aromatic N) is 4. The van der Waals surface area contributed by atoms with Gasteiger partial charge in [0.2, 0.25) is 5.88 Å². The summed E-state index contributed by atoms with van der Waals surface area (Å²) in [5.41, 5.74) is 9.63. The van der Waals surface area contributed by atoms with Crippen molar-refractivity contribution in [2.45, 2.75) is 45.4 Å². The molecule has 2 aromatic heterocycles. The molecule has 8 aromatic rings. The second-order valence-corrected chi connectivity index (χ2v) is 18.7. The lowest BCUT2D eigenvalue weighted by atomic mass is 9.71. The van der Waals surface area contributed by atoms with Gasteiger partial charge in [0, 0.05) is 58.2 Å². The highest BCUT2D eigenvalue weighted by atomic mass is 35.5. The highest BCUT2D eigenvalue weighted by molar-refractivity contribution is 6.32. The molecule has 0 spiro atoms. The Hall–Kier alpha value is -6.80. The van der Waals surface area contributed by atoms with Crippen LogP contribution in [0.5, 0.6) is 17.4 Å². The Morgan fingerprint density at radius 1 is 0.773 bits per heavy atom. The number of hydrogen-bond donors (Lipinski definition) is 1. The van der Waals surface area contributed by atoms with E-state index >= 15 is 0 Å². The van der Waals surface area contributed by atoms with Crippen LogP contribution in [-0.2, 0) is 6.54 Å². The molecule has 5 atom stereocenters. The van der Waals surface area contributed by atoms with Gasteiger partial charge in [-0.15, -0.1) is 6.58 Å². The number of piperidine rings is 3. The molecule has 2 bridgehead atoms. The molecule has 4 unspecified atom stereocenters. The van der Waals surface area contributed by atoms with Crippen molar-refractivity contribution in [3.05, 3.63) is 193 Å². The second-order valence-electron chi connectivity index (χ2n) is 18.4. The molecule has 3 saturated heterocycles. The monoisotopic (exact) mass is 889 g/mol. The van der Waals surface area contributed by atoms with Crippen LogP contribution in [0.3, 0.4) is 0 Å². The minimum Gasteiger partial charge on any atom is -0.508 e.